The average Bonchev–Trinajstić information content (AvgIpc) is 3.12. The van der Waals surface area contributed by atoms with Crippen molar-refractivity contribution in [2.75, 3.05) is 0 Å². The molecule has 2 heteroatoms. The molecule has 5 aliphatic rings. The molecule has 10 atom stereocenters. The second kappa shape index (κ2) is 7.08. The van der Waals surface area contributed by atoms with Crippen LogP contribution in [-0.2, 0) is 4.79 Å². The molecule has 5 fully saturated rings. The van der Waals surface area contributed by atoms with Gasteiger partial charge in [0.05, 0.1) is 6.10 Å². The molecule has 0 radical (unpaired) electrons. The van der Waals surface area contributed by atoms with Crippen LogP contribution in [0.15, 0.2) is 0 Å². The predicted molar refractivity (Wildman–Crippen MR) is 131 cm³/mol. The van der Waals surface area contributed by atoms with Gasteiger partial charge in [-0.2, -0.15) is 0 Å². The fourth-order valence-corrected chi connectivity index (χ4v) is 11.6. The number of hydrogen-bond acceptors (Lipinski definition) is 2. The second-order valence-electron chi connectivity index (χ2n) is 14.9. The first-order chi connectivity index (χ1) is 14.9. The normalized spacial score (nSPS) is 56.7. The van der Waals surface area contributed by atoms with Crippen molar-refractivity contribution in [1.82, 2.24) is 0 Å². The Hall–Kier alpha value is -0.370. The van der Waals surface area contributed by atoms with Crippen molar-refractivity contribution in [3.63, 3.8) is 0 Å². The quantitative estimate of drug-likeness (QED) is 0.456. The first kappa shape index (κ1) is 23.4. The zero-order valence-electron chi connectivity index (χ0n) is 22.0. The summed E-state index contributed by atoms with van der Waals surface area (Å²) in [5.74, 6) is 4.10. The summed E-state index contributed by atoms with van der Waals surface area (Å²) >= 11 is 0. The summed E-state index contributed by atoms with van der Waals surface area (Å²) in [4.78, 5) is 12.6. The van der Waals surface area contributed by atoms with Crippen LogP contribution in [0.4, 0.5) is 0 Å². The van der Waals surface area contributed by atoms with Crippen LogP contribution in [0.25, 0.3) is 0 Å². The van der Waals surface area contributed by atoms with Gasteiger partial charge in [-0.1, -0.05) is 48.5 Å². The second-order valence-corrected chi connectivity index (χ2v) is 14.9. The Morgan fingerprint density at radius 3 is 2.16 bits per heavy atom. The molecular weight excluding hydrogens is 392 g/mol. The molecular formula is C30H50O2. The van der Waals surface area contributed by atoms with Crippen molar-refractivity contribution in [2.45, 2.75) is 119 Å². The van der Waals surface area contributed by atoms with E-state index in [2.05, 4.69) is 48.5 Å². The zero-order chi connectivity index (χ0) is 23.3. The van der Waals surface area contributed by atoms with Crippen molar-refractivity contribution in [2.24, 2.45) is 62.6 Å². The van der Waals surface area contributed by atoms with Crippen molar-refractivity contribution < 1.29 is 9.90 Å². The third-order valence-corrected chi connectivity index (χ3v) is 13.6. The fourth-order valence-electron chi connectivity index (χ4n) is 11.6. The Morgan fingerprint density at radius 2 is 1.50 bits per heavy atom. The molecule has 0 bridgehead atoms. The number of carbonyl (C=O) groups excluding carboxylic acids is 1. The summed E-state index contributed by atoms with van der Waals surface area (Å²) < 4.78 is 0. The van der Waals surface area contributed by atoms with Gasteiger partial charge in [-0.3, -0.25) is 0 Å². The summed E-state index contributed by atoms with van der Waals surface area (Å²) in [6.45, 7) is 17.5. The van der Waals surface area contributed by atoms with E-state index >= 15 is 0 Å². The van der Waals surface area contributed by atoms with E-state index < -0.39 is 0 Å². The molecule has 5 saturated carbocycles. The van der Waals surface area contributed by atoms with Crippen molar-refractivity contribution in [3.8, 4) is 0 Å². The van der Waals surface area contributed by atoms with Crippen molar-refractivity contribution in [1.29, 1.82) is 0 Å². The maximum atomic E-state index is 12.6. The SMILES string of the molecule is CC(C)[C@@H]1CC[C@]2(C=O)CC[C@]3(C)[C@H](CC[C@@H]4[C@@]5(C)CC[C@H](O)C(C)(C)[C@@H]5CC[C@]43C)[C@@H]12. The highest BCUT2D eigenvalue weighted by Crippen LogP contribution is 2.77. The number of hydrogen-bond donors (Lipinski definition) is 1. The lowest BCUT2D eigenvalue weighted by Crippen LogP contribution is -2.66. The Balaban J connectivity index is 1.55. The molecule has 0 unspecified atom stereocenters. The molecule has 0 spiro atoms. The fraction of sp³-hybridized carbons (Fsp3) is 0.967. The van der Waals surface area contributed by atoms with Crippen LogP contribution < -0.4 is 0 Å². The molecule has 0 aliphatic heterocycles. The summed E-state index contributed by atoms with van der Waals surface area (Å²) in [5.41, 5.74) is 1.05. The van der Waals surface area contributed by atoms with Crippen LogP contribution in [0.1, 0.15) is 113 Å². The maximum absolute atomic E-state index is 12.6. The Kier molecular flexibility index (Phi) is 5.17. The van der Waals surface area contributed by atoms with Gasteiger partial charge >= 0.3 is 0 Å². The molecule has 0 saturated heterocycles. The smallest absolute Gasteiger partial charge is 0.126 e. The van der Waals surface area contributed by atoms with Gasteiger partial charge in [-0.05, 0) is 121 Å². The van der Waals surface area contributed by atoms with Gasteiger partial charge in [0, 0.05) is 5.41 Å². The van der Waals surface area contributed by atoms with E-state index in [0.29, 0.717) is 39.9 Å². The molecule has 0 heterocycles. The van der Waals surface area contributed by atoms with Gasteiger partial charge in [0.15, 0.2) is 0 Å². The Morgan fingerprint density at radius 1 is 0.781 bits per heavy atom. The van der Waals surface area contributed by atoms with Gasteiger partial charge in [-0.15, -0.1) is 0 Å². The van der Waals surface area contributed by atoms with E-state index in [4.69, 9.17) is 0 Å². The van der Waals surface area contributed by atoms with Crippen LogP contribution in [0, 0.1) is 62.6 Å². The Labute approximate surface area is 197 Å². The minimum Gasteiger partial charge on any atom is -0.393 e. The first-order valence-electron chi connectivity index (χ1n) is 14.0. The van der Waals surface area contributed by atoms with Crippen LogP contribution in [-0.4, -0.2) is 17.5 Å². The zero-order valence-corrected chi connectivity index (χ0v) is 22.0. The van der Waals surface area contributed by atoms with Gasteiger partial charge in [0.1, 0.15) is 6.29 Å². The highest BCUT2D eigenvalue weighted by molar-refractivity contribution is 5.61. The topological polar surface area (TPSA) is 37.3 Å². The van der Waals surface area contributed by atoms with E-state index in [-0.39, 0.29) is 16.9 Å². The molecule has 0 aromatic carbocycles. The molecule has 182 valence electrons. The van der Waals surface area contributed by atoms with Gasteiger partial charge < -0.3 is 9.90 Å². The molecule has 0 aromatic rings. The van der Waals surface area contributed by atoms with E-state index in [0.717, 1.165) is 31.1 Å². The minimum absolute atomic E-state index is 0.0273. The maximum Gasteiger partial charge on any atom is 0.126 e. The summed E-state index contributed by atoms with van der Waals surface area (Å²) in [6.07, 6.45) is 13.5. The Bertz CT molecular complexity index is 771. The predicted octanol–water partition coefficient (Wildman–Crippen LogP) is 7.28. The van der Waals surface area contributed by atoms with Gasteiger partial charge in [0.2, 0.25) is 0 Å². The molecule has 5 rings (SSSR count). The number of carbonyl (C=O) groups is 1. The van der Waals surface area contributed by atoms with Crippen LogP contribution >= 0.6 is 0 Å². The molecule has 1 N–H and O–H groups in total. The van der Waals surface area contributed by atoms with E-state index in [1.807, 2.05) is 0 Å². The first-order valence-corrected chi connectivity index (χ1v) is 14.0. The highest BCUT2D eigenvalue weighted by atomic mass is 16.3. The van der Waals surface area contributed by atoms with Crippen LogP contribution in [0.3, 0.4) is 0 Å². The number of aliphatic hydroxyl groups is 1. The lowest BCUT2D eigenvalue weighted by Gasteiger charge is -2.72. The largest absolute Gasteiger partial charge is 0.393 e. The standard InChI is InChI=1S/C30H50O2/c1-19(2)20-10-15-30(18-31)17-16-28(6)21(25(20)30)8-9-23-27(5)13-12-24(32)26(3,4)22(27)11-14-29(23,28)7/h18-25,32H,8-17H2,1-7H3/t20-,21+,22-,23+,24-,25+,27-,28+,29+,30+/m0/s1. The molecule has 5 aliphatic carbocycles. The number of fused-ring (bicyclic) bond motifs is 7. The number of aliphatic hydroxyl groups excluding tert-OH is 1. The third kappa shape index (κ3) is 2.66. The summed E-state index contributed by atoms with van der Waals surface area (Å²) in [5, 5.41) is 10.9. The minimum atomic E-state index is -0.148. The van der Waals surface area contributed by atoms with Gasteiger partial charge in [0.25, 0.3) is 0 Å². The molecule has 0 aromatic heterocycles. The monoisotopic (exact) mass is 442 g/mol. The number of aldehydes is 1. The lowest BCUT2D eigenvalue weighted by molar-refractivity contribution is -0.246. The van der Waals surface area contributed by atoms with Crippen molar-refractivity contribution in [3.05, 3.63) is 0 Å². The lowest BCUT2D eigenvalue weighted by atomic mass is 9.32. The van der Waals surface area contributed by atoms with Gasteiger partial charge in [-0.25, -0.2) is 0 Å². The average molecular weight is 443 g/mol. The van der Waals surface area contributed by atoms with Crippen molar-refractivity contribution >= 4 is 6.29 Å². The highest BCUT2D eigenvalue weighted by Gasteiger charge is 2.70. The van der Waals surface area contributed by atoms with E-state index in [9.17, 15) is 9.90 Å². The third-order valence-electron chi connectivity index (χ3n) is 13.6. The molecule has 32 heavy (non-hydrogen) atoms. The summed E-state index contributed by atoms with van der Waals surface area (Å²) in [6, 6.07) is 0. The summed E-state index contributed by atoms with van der Waals surface area (Å²) in [7, 11) is 0. The van der Waals surface area contributed by atoms with Crippen LogP contribution in [0.5, 0.6) is 0 Å². The van der Waals surface area contributed by atoms with Crippen LogP contribution in [0.2, 0.25) is 0 Å². The van der Waals surface area contributed by atoms with E-state index in [1.54, 1.807) is 0 Å². The molecule has 2 nitrogen and oxygen atoms in total. The number of rotatable bonds is 2. The van der Waals surface area contributed by atoms with E-state index in [1.165, 1.54) is 51.2 Å². The molecule has 0 amide bonds.